The molecule has 16 heavy (non-hydrogen) atoms. The summed E-state index contributed by atoms with van der Waals surface area (Å²) in [5.41, 5.74) is 0.0414. The van der Waals surface area contributed by atoms with E-state index in [0.717, 1.165) is 6.07 Å². The Labute approximate surface area is 96.6 Å². The van der Waals surface area contributed by atoms with Crippen LogP contribution in [0.5, 0.6) is 5.75 Å². The molecule has 1 aliphatic carbocycles. The van der Waals surface area contributed by atoms with E-state index in [1.165, 1.54) is 6.08 Å². The minimum atomic E-state index is -0.818. The van der Waals surface area contributed by atoms with Crippen LogP contribution in [-0.4, -0.2) is 11.2 Å². The van der Waals surface area contributed by atoms with Gasteiger partial charge in [0.2, 0.25) is 6.08 Å². The Morgan fingerprint density at radius 1 is 1.62 bits per heavy atom. The largest absolute Gasteiger partial charge is 0.505 e. The average Bonchev–Trinajstić information content (AvgIpc) is 2.97. The molecular weight excluding hydrogens is 233 g/mol. The van der Waals surface area contributed by atoms with Gasteiger partial charge in [-0.1, -0.05) is 11.6 Å². The fourth-order valence-corrected chi connectivity index (χ4v) is 2.09. The van der Waals surface area contributed by atoms with Gasteiger partial charge in [0.1, 0.15) is 5.54 Å². The van der Waals surface area contributed by atoms with E-state index in [0.29, 0.717) is 24.0 Å². The van der Waals surface area contributed by atoms with Crippen LogP contribution in [-0.2, 0) is 10.3 Å². The minimum Gasteiger partial charge on any atom is -0.505 e. The Morgan fingerprint density at radius 2 is 2.25 bits per heavy atom. The van der Waals surface area contributed by atoms with Crippen molar-refractivity contribution in [1.82, 2.24) is 0 Å². The number of aromatic hydroxyl groups is 1. The lowest BCUT2D eigenvalue weighted by Crippen LogP contribution is -2.07. The van der Waals surface area contributed by atoms with E-state index in [1.807, 2.05) is 0 Å². The first-order chi connectivity index (χ1) is 7.52. The molecule has 0 unspecified atom stereocenters. The number of isocyanates is 1. The number of aliphatic imine (C=N–C) groups is 1. The van der Waals surface area contributed by atoms with Crippen LogP contribution in [0.2, 0.25) is 5.02 Å². The highest BCUT2D eigenvalue weighted by atomic mass is 35.5. The van der Waals surface area contributed by atoms with Gasteiger partial charge >= 0.3 is 0 Å². The monoisotopic (exact) mass is 241 g/mol. The lowest BCUT2D eigenvalue weighted by molar-refractivity contribution is 0.418. The SMILES string of the molecule is Cc1c(Cl)cc(F)c(O)c1C1(N=C=O)CC1. The van der Waals surface area contributed by atoms with Crippen LogP contribution < -0.4 is 0 Å². The Hall–Kier alpha value is -1.38. The average molecular weight is 242 g/mol. The van der Waals surface area contributed by atoms with Crippen molar-refractivity contribution in [2.45, 2.75) is 25.3 Å². The van der Waals surface area contributed by atoms with Crippen LogP contribution >= 0.6 is 11.6 Å². The van der Waals surface area contributed by atoms with Gasteiger partial charge in [0.15, 0.2) is 11.6 Å². The molecule has 1 saturated carbocycles. The standard InChI is InChI=1S/C11H9ClFNO2/c1-6-7(12)4-8(13)10(16)9(6)11(2-3-11)14-5-15/h4,16H,2-3H2,1H3. The highest BCUT2D eigenvalue weighted by molar-refractivity contribution is 6.31. The number of carbonyl (C=O) groups excluding carboxylic acids is 1. The molecule has 1 aliphatic rings. The Kier molecular flexibility index (Phi) is 2.49. The van der Waals surface area contributed by atoms with E-state index >= 15 is 0 Å². The molecule has 3 nitrogen and oxygen atoms in total. The quantitative estimate of drug-likeness (QED) is 0.639. The molecule has 0 amide bonds. The molecule has 5 heteroatoms. The molecular formula is C11H9ClFNO2. The van der Waals surface area contributed by atoms with Gasteiger partial charge in [0.05, 0.1) is 0 Å². The predicted octanol–water partition coefficient (Wildman–Crippen LogP) is 2.82. The lowest BCUT2D eigenvalue weighted by Gasteiger charge is -2.15. The summed E-state index contributed by atoms with van der Waals surface area (Å²) in [5, 5.41) is 9.90. The molecule has 2 rings (SSSR count). The van der Waals surface area contributed by atoms with Gasteiger partial charge in [-0.25, -0.2) is 9.18 Å². The molecule has 0 spiro atoms. The van der Waals surface area contributed by atoms with Crippen molar-refractivity contribution in [2.24, 2.45) is 4.99 Å². The summed E-state index contributed by atoms with van der Waals surface area (Å²) in [6.45, 7) is 1.66. The van der Waals surface area contributed by atoms with Crippen molar-refractivity contribution in [3.63, 3.8) is 0 Å². The smallest absolute Gasteiger partial charge is 0.235 e. The highest BCUT2D eigenvalue weighted by Crippen LogP contribution is 2.54. The number of phenolic OH excluding ortho intramolecular Hbond substituents is 1. The molecule has 0 atom stereocenters. The summed E-state index contributed by atoms with van der Waals surface area (Å²) in [6, 6.07) is 1.05. The molecule has 1 aromatic rings. The van der Waals surface area contributed by atoms with Crippen molar-refractivity contribution in [3.8, 4) is 5.75 Å². The van der Waals surface area contributed by atoms with E-state index in [2.05, 4.69) is 4.99 Å². The Bertz CT molecular complexity index is 479. The third-order valence-electron chi connectivity index (χ3n) is 2.90. The first-order valence-corrected chi connectivity index (χ1v) is 5.17. The van der Waals surface area contributed by atoms with Gasteiger partial charge in [-0.3, -0.25) is 0 Å². The second kappa shape index (κ2) is 3.58. The molecule has 0 saturated heterocycles. The van der Waals surface area contributed by atoms with E-state index < -0.39 is 17.1 Å². The molecule has 1 aromatic carbocycles. The summed E-state index contributed by atoms with van der Waals surface area (Å²) < 4.78 is 13.3. The molecule has 1 fully saturated rings. The van der Waals surface area contributed by atoms with Crippen molar-refractivity contribution < 1.29 is 14.3 Å². The van der Waals surface area contributed by atoms with E-state index in [9.17, 15) is 14.3 Å². The number of hydrogen-bond acceptors (Lipinski definition) is 3. The number of halogens is 2. The van der Waals surface area contributed by atoms with Crippen LogP contribution in [0.25, 0.3) is 0 Å². The molecule has 0 heterocycles. The van der Waals surface area contributed by atoms with Crippen molar-refractivity contribution >= 4 is 17.7 Å². The first-order valence-electron chi connectivity index (χ1n) is 4.79. The number of rotatable bonds is 2. The minimum absolute atomic E-state index is 0.220. The van der Waals surface area contributed by atoms with Gasteiger partial charge in [0, 0.05) is 10.6 Å². The molecule has 0 aliphatic heterocycles. The second-order valence-electron chi connectivity index (χ2n) is 3.92. The van der Waals surface area contributed by atoms with Crippen LogP contribution in [0, 0.1) is 12.7 Å². The van der Waals surface area contributed by atoms with Crippen molar-refractivity contribution in [1.29, 1.82) is 0 Å². The third-order valence-corrected chi connectivity index (χ3v) is 3.29. The zero-order valence-electron chi connectivity index (χ0n) is 8.55. The zero-order chi connectivity index (χ0) is 11.9. The summed E-state index contributed by atoms with van der Waals surface area (Å²) >= 11 is 5.83. The molecule has 1 N–H and O–H groups in total. The van der Waals surface area contributed by atoms with Gasteiger partial charge in [-0.15, -0.1) is 0 Å². The predicted molar refractivity (Wildman–Crippen MR) is 56.8 cm³/mol. The maximum atomic E-state index is 13.3. The molecule has 0 bridgehead atoms. The number of nitrogens with zero attached hydrogens (tertiary/aromatic N) is 1. The van der Waals surface area contributed by atoms with Gasteiger partial charge in [0.25, 0.3) is 0 Å². The second-order valence-corrected chi connectivity index (χ2v) is 4.33. The highest BCUT2D eigenvalue weighted by Gasteiger charge is 2.48. The molecule has 0 aromatic heterocycles. The zero-order valence-corrected chi connectivity index (χ0v) is 9.31. The number of hydrogen-bond donors (Lipinski definition) is 1. The van der Waals surface area contributed by atoms with Gasteiger partial charge < -0.3 is 5.11 Å². The Balaban J connectivity index is 2.69. The van der Waals surface area contributed by atoms with Crippen LogP contribution in [0.3, 0.4) is 0 Å². The lowest BCUT2D eigenvalue weighted by atomic mass is 9.98. The summed E-state index contributed by atoms with van der Waals surface area (Å²) in [7, 11) is 0. The summed E-state index contributed by atoms with van der Waals surface area (Å²) in [6.07, 6.45) is 2.65. The van der Waals surface area contributed by atoms with Gasteiger partial charge in [-0.05, 0) is 31.4 Å². The van der Waals surface area contributed by atoms with E-state index in [4.69, 9.17) is 11.6 Å². The topological polar surface area (TPSA) is 49.7 Å². The Morgan fingerprint density at radius 3 is 2.75 bits per heavy atom. The van der Waals surface area contributed by atoms with Gasteiger partial charge in [-0.2, -0.15) is 4.99 Å². The maximum Gasteiger partial charge on any atom is 0.235 e. The normalized spacial score (nSPS) is 16.7. The van der Waals surface area contributed by atoms with Crippen molar-refractivity contribution in [2.75, 3.05) is 0 Å². The van der Waals surface area contributed by atoms with E-state index in [-0.39, 0.29) is 5.02 Å². The van der Waals surface area contributed by atoms with Crippen LogP contribution in [0.4, 0.5) is 4.39 Å². The summed E-state index contributed by atoms with van der Waals surface area (Å²) in [4.78, 5) is 14.0. The maximum absolute atomic E-state index is 13.3. The number of phenols is 1. The van der Waals surface area contributed by atoms with Crippen LogP contribution in [0.15, 0.2) is 11.1 Å². The summed E-state index contributed by atoms with van der Waals surface area (Å²) in [5.74, 6) is -1.27. The third kappa shape index (κ3) is 1.51. The number of benzene rings is 1. The fraction of sp³-hybridized carbons (Fsp3) is 0.364. The van der Waals surface area contributed by atoms with Crippen LogP contribution in [0.1, 0.15) is 24.0 Å². The molecule has 84 valence electrons. The fourth-order valence-electron chi connectivity index (χ4n) is 1.90. The van der Waals surface area contributed by atoms with Crippen molar-refractivity contribution in [3.05, 3.63) is 28.0 Å². The molecule has 0 radical (unpaired) electrons. The van der Waals surface area contributed by atoms with E-state index in [1.54, 1.807) is 6.92 Å². The first kappa shape index (κ1) is 11.1.